The van der Waals surface area contributed by atoms with Crippen molar-refractivity contribution < 1.29 is 0 Å². The van der Waals surface area contributed by atoms with Crippen LogP contribution in [0.2, 0.25) is 0 Å². The topological polar surface area (TPSA) is 3.24 Å². The molecule has 0 amide bonds. The van der Waals surface area contributed by atoms with Crippen molar-refractivity contribution in [2.45, 2.75) is 0 Å². The first-order chi connectivity index (χ1) is 6.13. The maximum atomic E-state index is 5.83. The van der Waals surface area contributed by atoms with Crippen molar-refractivity contribution in [2.75, 3.05) is 4.48 Å². The van der Waals surface area contributed by atoms with Crippen LogP contribution in [0.1, 0.15) is 0 Å². The van der Waals surface area contributed by atoms with Crippen LogP contribution >= 0.6 is 45.1 Å². The Morgan fingerprint density at radius 3 is 2.00 bits per heavy atom. The lowest BCUT2D eigenvalue weighted by atomic mass is 10.2. The van der Waals surface area contributed by atoms with Gasteiger partial charge >= 0.3 is 13.3 Å². The van der Waals surface area contributed by atoms with E-state index in [4.69, 9.17) is 45.1 Å². The molecule has 13 heavy (non-hydrogen) atoms. The number of benzene rings is 1. The third-order valence-electron chi connectivity index (χ3n) is 1.47. The van der Waals surface area contributed by atoms with Crippen LogP contribution in [0, 0.1) is 0 Å². The molecule has 0 aliphatic rings. The maximum absolute atomic E-state index is 5.83. The zero-order valence-corrected chi connectivity index (χ0v) is 10.7. The molecule has 0 atom stereocenters. The Kier molecular flexibility index (Phi) is 4.76. The average Bonchev–Trinajstić information content (AvgIpc) is 2.04. The highest BCUT2D eigenvalue weighted by Crippen LogP contribution is 2.22. The second-order valence-corrected chi connectivity index (χ2v) is 7.61. The van der Waals surface area contributed by atoms with E-state index in [-0.39, 0.29) is 0 Å². The number of anilines is 1. The number of hydrogen-bond donors (Lipinski definition) is 0. The molecule has 0 aliphatic heterocycles. The molecule has 0 heterocycles. The van der Waals surface area contributed by atoms with Crippen molar-refractivity contribution in [3.05, 3.63) is 30.3 Å². The minimum absolute atomic E-state index is 0.700. The van der Waals surface area contributed by atoms with Gasteiger partial charge in [-0.3, -0.25) is 0 Å². The van der Waals surface area contributed by atoms with E-state index in [0.717, 1.165) is 5.69 Å². The van der Waals surface area contributed by atoms with Crippen LogP contribution in [0.5, 0.6) is 0 Å². The van der Waals surface area contributed by atoms with Crippen molar-refractivity contribution in [2.24, 2.45) is 0 Å². The van der Waals surface area contributed by atoms with Crippen molar-refractivity contribution in [3.8, 4) is 0 Å². The summed E-state index contributed by atoms with van der Waals surface area (Å²) in [4.78, 5) is 0. The van der Waals surface area contributed by atoms with Crippen LogP contribution in [-0.2, 0) is 0 Å². The fourth-order valence-electron chi connectivity index (χ4n) is 0.911. The van der Waals surface area contributed by atoms with E-state index in [1.165, 1.54) is 0 Å². The molecule has 0 aromatic heterocycles. The molecule has 0 aliphatic carbocycles. The van der Waals surface area contributed by atoms with Gasteiger partial charge in [0.1, 0.15) is 0 Å². The SMILES string of the molecule is ClB(Cl)N(c1ccccc1)[SiH](Cl)Cl. The van der Waals surface area contributed by atoms with E-state index in [1.807, 2.05) is 30.3 Å². The summed E-state index contributed by atoms with van der Waals surface area (Å²) in [6, 6.07) is 9.38. The zero-order chi connectivity index (χ0) is 9.84. The molecule has 1 nitrogen and oxygen atoms in total. The van der Waals surface area contributed by atoms with E-state index < -0.39 is 13.3 Å². The Morgan fingerprint density at radius 1 is 1.08 bits per heavy atom. The largest absolute Gasteiger partial charge is 0.460 e. The van der Waals surface area contributed by atoms with Crippen LogP contribution in [-0.4, -0.2) is 13.3 Å². The maximum Gasteiger partial charge on any atom is 0.460 e. The summed E-state index contributed by atoms with van der Waals surface area (Å²) in [5, 5.41) is 0. The highest BCUT2D eigenvalue weighted by atomic mass is 35.7. The van der Waals surface area contributed by atoms with Gasteiger partial charge in [0, 0.05) is 5.69 Å². The molecule has 0 saturated carbocycles. The second kappa shape index (κ2) is 5.37. The van der Waals surface area contributed by atoms with Gasteiger partial charge in [-0.15, -0.1) is 45.1 Å². The van der Waals surface area contributed by atoms with E-state index in [2.05, 4.69) is 0 Å². The number of hydrogen-bond acceptors (Lipinski definition) is 1. The molecule has 1 rings (SSSR count). The quantitative estimate of drug-likeness (QED) is 0.604. The lowest BCUT2D eigenvalue weighted by Gasteiger charge is -2.24. The Labute approximate surface area is 98.5 Å². The molecular formula is C6H6BCl4NSi. The standard InChI is InChI=1S/C6H6BCl4NSi/c8-7(9)12(13(10)11)6-4-2-1-3-5-6/h1-5,13H. The Bertz CT molecular complexity index is 250. The summed E-state index contributed by atoms with van der Waals surface area (Å²) in [5.41, 5.74) is 0.147. The number of halogens is 4. The Hall–Kier alpha value is 0.462. The predicted octanol–water partition coefficient (Wildman–Crippen LogP) is 3.15. The first kappa shape index (κ1) is 11.5. The first-order valence-electron chi connectivity index (χ1n) is 3.52. The first-order valence-corrected chi connectivity index (χ1v) is 8.40. The van der Waals surface area contributed by atoms with E-state index >= 15 is 0 Å². The molecule has 0 fully saturated rings. The molecule has 0 spiro atoms. The highest BCUT2D eigenvalue weighted by molar-refractivity contribution is 7.47. The molecular weight excluding hydrogens is 267 g/mol. The Balaban J connectivity index is 2.89. The molecule has 1 aromatic carbocycles. The smallest absolute Gasteiger partial charge is 0.394 e. The van der Waals surface area contributed by atoms with Gasteiger partial charge in [-0.25, -0.2) is 0 Å². The predicted molar refractivity (Wildman–Crippen MR) is 65.2 cm³/mol. The minimum Gasteiger partial charge on any atom is -0.394 e. The van der Waals surface area contributed by atoms with Crippen LogP contribution in [0.3, 0.4) is 0 Å². The molecule has 1 aromatic rings. The molecule has 0 bridgehead atoms. The Morgan fingerprint density at radius 2 is 1.62 bits per heavy atom. The van der Waals surface area contributed by atoms with E-state index in [9.17, 15) is 0 Å². The lowest BCUT2D eigenvalue weighted by Crippen LogP contribution is -2.38. The van der Waals surface area contributed by atoms with Crippen LogP contribution < -0.4 is 4.48 Å². The third kappa shape index (κ3) is 3.26. The molecule has 70 valence electrons. The monoisotopic (exact) mass is 271 g/mol. The average molecular weight is 273 g/mol. The third-order valence-corrected chi connectivity index (χ3v) is 4.55. The van der Waals surface area contributed by atoms with E-state index in [0.29, 0.717) is 0 Å². The van der Waals surface area contributed by atoms with Gasteiger partial charge in [0.25, 0.3) is 0 Å². The fourth-order valence-corrected chi connectivity index (χ4v) is 4.42. The van der Waals surface area contributed by atoms with Crippen molar-refractivity contribution in [1.82, 2.24) is 0 Å². The van der Waals surface area contributed by atoms with Crippen molar-refractivity contribution in [3.63, 3.8) is 0 Å². The summed E-state index contributed by atoms with van der Waals surface area (Å²) in [5.74, 6) is 0. The molecule has 0 radical (unpaired) electrons. The molecule has 0 saturated heterocycles. The normalized spacial score (nSPS) is 10.2. The summed E-state index contributed by atoms with van der Waals surface area (Å²) in [6.07, 6.45) is 0. The van der Waals surface area contributed by atoms with Gasteiger partial charge in [0.15, 0.2) is 0 Å². The summed E-state index contributed by atoms with van der Waals surface area (Å²) in [7, 11) is -2.06. The summed E-state index contributed by atoms with van der Waals surface area (Å²) < 4.78 is 1.62. The molecule has 7 heteroatoms. The summed E-state index contributed by atoms with van der Waals surface area (Å²) >= 11 is 23.1. The lowest BCUT2D eigenvalue weighted by molar-refractivity contribution is 1.55. The van der Waals surface area contributed by atoms with Gasteiger partial charge in [-0.05, 0) is 12.1 Å². The van der Waals surface area contributed by atoms with Gasteiger partial charge < -0.3 is 4.48 Å². The van der Waals surface area contributed by atoms with Gasteiger partial charge in [0.05, 0.1) is 0 Å². The number of para-hydroxylation sites is 1. The minimum atomic E-state index is -2.06. The molecule has 0 N–H and O–H groups in total. The van der Waals surface area contributed by atoms with Gasteiger partial charge in [0.2, 0.25) is 0 Å². The van der Waals surface area contributed by atoms with Crippen LogP contribution in [0.25, 0.3) is 0 Å². The van der Waals surface area contributed by atoms with Crippen molar-refractivity contribution in [1.29, 1.82) is 0 Å². The zero-order valence-electron chi connectivity index (χ0n) is 6.50. The van der Waals surface area contributed by atoms with E-state index in [1.54, 1.807) is 4.48 Å². The number of rotatable bonds is 3. The van der Waals surface area contributed by atoms with Crippen molar-refractivity contribution >= 4 is 64.0 Å². The molecule has 0 unspecified atom stereocenters. The van der Waals surface area contributed by atoms with Gasteiger partial charge in [-0.1, -0.05) is 18.2 Å². The second-order valence-electron chi connectivity index (χ2n) is 2.30. The number of nitrogens with zero attached hydrogens (tertiary/aromatic N) is 1. The summed E-state index contributed by atoms with van der Waals surface area (Å²) in [6.45, 7) is 0. The van der Waals surface area contributed by atoms with Gasteiger partial charge in [-0.2, -0.15) is 0 Å². The van der Waals surface area contributed by atoms with Crippen LogP contribution in [0.4, 0.5) is 5.69 Å². The fraction of sp³-hybridized carbons (Fsp3) is 0. The highest BCUT2D eigenvalue weighted by Gasteiger charge is 2.25. The van der Waals surface area contributed by atoms with Crippen LogP contribution in [0.15, 0.2) is 30.3 Å².